The minimum atomic E-state index is -0.244. The molecular formula is C55H38FNO. The Morgan fingerprint density at radius 1 is 0.448 bits per heavy atom. The standard InChI is InChI=1S/C55H38FNO/c1-55(2)49-20-5-3-15-45(49)46-32-27-38(34-50(46)55)35-23-28-41(29-24-35)57(51-21-10-19-48-47-16-4-6-22-52(47)58-54(48)51)42-30-25-36(26-31-42)43-17-8-11-37-12-9-18-44(53(37)43)39-13-7-14-40(56)33-39/h3-34H,1-2H3. The third-order valence-corrected chi connectivity index (χ3v) is 12.1. The molecule has 0 N–H and O–H groups in total. The fraction of sp³-hybridized carbons (Fsp3) is 0.0545. The SMILES string of the molecule is CC1(C)c2ccccc2-c2ccc(-c3ccc(N(c4ccc(-c5cccc6cccc(-c7cccc(F)c7)c56)cc4)c4cccc5c4oc4ccccc45)cc3)cc21. The van der Waals surface area contributed by atoms with Gasteiger partial charge in [0, 0.05) is 27.6 Å². The molecule has 0 amide bonds. The predicted octanol–water partition coefficient (Wildman–Crippen LogP) is 15.7. The first kappa shape index (κ1) is 34.1. The van der Waals surface area contributed by atoms with Gasteiger partial charge in [-0.05, 0) is 121 Å². The molecule has 11 rings (SSSR count). The summed E-state index contributed by atoms with van der Waals surface area (Å²) in [5, 5.41) is 4.38. The second kappa shape index (κ2) is 13.2. The third kappa shape index (κ3) is 5.38. The van der Waals surface area contributed by atoms with E-state index in [1.54, 1.807) is 12.1 Å². The Balaban J connectivity index is 1.03. The lowest BCUT2D eigenvalue weighted by Crippen LogP contribution is -2.14. The lowest BCUT2D eigenvalue weighted by Gasteiger charge is -2.26. The van der Waals surface area contributed by atoms with E-state index in [1.165, 1.54) is 39.4 Å². The Morgan fingerprint density at radius 2 is 1.05 bits per heavy atom. The van der Waals surface area contributed by atoms with Crippen molar-refractivity contribution in [2.45, 2.75) is 19.3 Å². The van der Waals surface area contributed by atoms with Crippen LogP contribution in [0.25, 0.3) is 77.2 Å². The van der Waals surface area contributed by atoms with Crippen LogP contribution in [0, 0.1) is 5.82 Å². The van der Waals surface area contributed by atoms with Crippen molar-refractivity contribution in [2.75, 3.05) is 4.90 Å². The number of nitrogens with zero attached hydrogens (tertiary/aromatic N) is 1. The molecule has 10 aromatic rings. The highest BCUT2D eigenvalue weighted by molar-refractivity contribution is 6.10. The molecule has 0 radical (unpaired) electrons. The third-order valence-electron chi connectivity index (χ3n) is 12.1. The van der Waals surface area contributed by atoms with E-state index in [-0.39, 0.29) is 11.2 Å². The van der Waals surface area contributed by atoms with Gasteiger partial charge in [0.2, 0.25) is 0 Å². The first-order valence-electron chi connectivity index (χ1n) is 19.9. The summed E-state index contributed by atoms with van der Waals surface area (Å²) in [5.41, 5.74) is 16.4. The zero-order valence-corrected chi connectivity index (χ0v) is 32.2. The summed E-state index contributed by atoms with van der Waals surface area (Å²) < 4.78 is 21.1. The number of hydrogen-bond donors (Lipinski definition) is 0. The minimum Gasteiger partial charge on any atom is -0.454 e. The van der Waals surface area contributed by atoms with E-state index < -0.39 is 0 Å². The zero-order valence-electron chi connectivity index (χ0n) is 32.2. The van der Waals surface area contributed by atoms with Gasteiger partial charge in [-0.3, -0.25) is 0 Å². The summed E-state index contributed by atoms with van der Waals surface area (Å²) in [7, 11) is 0. The molecule has 1 aromatic heterocycles. The van der Waals surface area contributed by atoms with Crippen molar-refractivity contribution in [3.05, 3.63) is 211 Å². The fourth-order valence-electron chi connectivity index (χ4n) is 9.29. The zero-order chi connectivity index (χ0) is 39.0. The van der Waals surface area contributed by atoms with Gasteiger partial charge >= 0.3 is 0 Å². The van der Waals surface area contributed by atoms with Gasteiger partial charge in [-0.25, -0.2) is 4.39 Å². The number of benzene rings is 9. The number of anilines is 3. The summed E-state index contributed by atoms with van der Waals surface area (Å²) in [6.45, 7) is 4.66. The van der Waals surface area contributed by atoms with E-state index in [0.29, 0.717) is 0 Å². The van der Waals surface area contributed by atoms with E-state index in [0.717, 1.165) is 72.0 Å². The average molecular weight is 748 g/mol. The molecule has 0 saturated heterocycles. The van der Waals surface area contributed by atoms with Crippen molar-refractivity contribution in [1.29, 1.82) is 0 Å². The smallest absolute Gasteiger partial charge is 0.159 e. The first-order chi connectivity index (χ1) is 28.4. The van der Waals surface area contributed by atoms with E-state index >= 15 is 0 Å². The minimum absolute atomic E-state index is 0.0663. The lowest BCUT2D eigenvalue weighted by atomic mass is 9.81. The van der Waals surface area contributed by atoms with Crippen LogP contribution in [0.3, 0.4) is 0 Å². The van der Waals surface area contributed by atoms with Gasteiger partial charge in [-0.15, -0.1) is 0 Å². The summed E-state index contributed by atoms with van der Waals surface area (Å²) in [4.78, 5) is 2.29. The number of rotatable bonds is 6. The highest BCUT2D eigenvalue weighted by atomic mass is 19.1. The molecule has 0 aliphatic heterocycles. The molecule has 0 unspecified atom stereocenters. The highest BCUT2D eigenvalue weighted by Crippen LogP contribution is 2.50. The van der Waals surface area contributed by atoms with Gasteiger partial charge in [0.25, 0.3) is 0 Å². The molecular weight excluding hydrogens is 710 g/mol. The number of furan rings is 1. The molecule has 3 heteroatoms. The molecule has 1 aliphatic carbocycles. The van der Waals surface area contributed by atoms with Crippen LogP contribution in [0.4, 0.5) is 21.5 Å². The van der Waals surface area contributed by atoms with E-state index in [2.05, 4.69) is 170 Å². The van der Waals surface area contributed by atoms with Crippen molar-refractivity contribution in [2.24, 2.45) is 0 Å². The Morgan fingerprint density at radius 3 is 1.83 bits per heavy atom. The average Bonchev–Trinajstić information content (AvgIpc) is 3.76. The fourth-order valence-corrected chi connectivity index (χ4v) is 9.29. The maximum atomic E-state index is 14.5. The molecule has 276 valence electrons. The van der Waals surface area contributed by atoms with E-state index in [9.17, 15) is 4.39 Å². The normalized spacial score (nSPS) is 12.9. The van der Waals surface area contributed by atoms with Crippen LogP contribution >= 0.6 is 0 Å². The van der Waals surface area contributed by atoms with Gasteiger partial charge in [-0.2, -0.15) is 0 Å². The van der Waals surface area contributed by atoms with Gasteiger partial charge in [-0.1, -0.05) is 153 Å². The molecule has 0 saturated carbocycles. The maximum absolute atomic E-state index is 14.5. The van der Waals surface area contributed by atoms with E-state index in [1.807, 2.05) is 24.3 Å². The van der Waals surface area contributed by atoms with Crippen LogP contribution in [0.15, 0.2) is 199 Å². The summed E-state index contributed by atoms with van der Waals surface area (Å²) in [6.07, 6.45) is 0. The van der Waals surface area contributed by atoms with Crippen LogP contribution in [-0.2, 0) is 5.41 Å². The van der Waals surface area contributed by atoms with Gasteiger partial charge in [0.05, 0.1) is 5.69 Å². The molecule has 1 aliphatic rings. The lowest BCUT2D eigenvalue weighted by molar-refractivity contribution is 0.628. The molecule has 2 nitrogen and oxygen atoms in total. The highest BCUT2D eigenvalue weighted by Gasteiger charge is 2.35. The maximum Gasteiger partial charge on any atom is 0.159 e. The van der Waals surface area contributed by atoms with Crippen molar-refractivity contribution in [1.82, 2.24) is 0 Å². The molecule has 9 aromatic carbocycles. The van der Waals surface area contributed by atoms with Crippen molar-refractivity contribution in [3.8, 4) is 44.5 Å². The monoisotopic (exact) mass is 747 g/mol. The summed E-state index contributed by atoms with van der Waals surface area (Å²) in [6, 6.07) is 67.5. The Labute approximate surface area is 337 Å². The van der Waals surface area contributed by atoms with Crippen LogP contribution in [0.1, 0.15) is 25.0 Å². The van der Waals surface area contributed by atoms with Gasteiger partial charge in [0.1, 0.15) is 11.4 Å². The topological polar surface area (TPSA) is 16.4 Å². The molecule has 0 atom stereocenters. The Hall–Kier alpha value is -7.23. The van der Waals surface area contributed by atoms with Gasteiger partial charge < -0.3 is 9.32 Å². The van der Waals surface area contributed by atoms with E-state index in [4.69, 9.17) is 4.42 Å². The molecule has 1 heterocycles. The number of para-hydroxylation sites is 2. The second-order valence-electron chi connectivity index (χ2n) is 15.8. The number of halogens is 1. The quantitative estimate of drug-likeness (QED) is 0.168. The summed E-state index contributed by atoms with van der Waals surface area (Å²) >= 11 is 0. The largest absolute Gasteiger partial charge is 0.454 e. The molecule has 0 fully saturated rings. The van der Waals surface area contributed by atoms with Crippen molar-refractivity contribution >= 4 is 49.8 Å². The first-order valence-corrected chi connectivity index (χ1v) is 19.9. The van der Waals surface area contributed by atoms with Crippen LogP contribution in [0.2, 0.25) is 0 Å². The predicted molar refractivity (Wildman–Crippen MR) is 240 cm³/mol. The molecule has 58 heavy (non-hydrogen) atoms. The summed E-state index contributed by atoms with van der Waals surface area (Å²) in [5.74, 6) is -0.244. The number of fused-ring (bicyclic) bond motifs is 7. The number of hydrogen-bond acceptors (Lipinski definition) is 2. The van der Waals surface area contributed by atoms with Gasteiger partial charge in [0.15, 0.2) is 5.58 Å². The molecule has 0 spiro atoms. The van der Waals surface area contributed by atoms with Crippen LogP contribution < -0.4 is 4.90 Å². The Bertz CT molecular complexity index is 3200. The van der Waals surface area contributed by atoms with Crippen LogP contribution in [0.5, 0.6) is 0 Å². The van der Waals surface area contributed by atoms with Crippen LogP contribution in [-0.4, -0.2) is 0 Å². The van der Waals surface area contributed by atoms with Crippen molar-refractivity contribution in [3.63, 3.8) is 0 Å². The molecule has 0 bridgehead atoms. The van der Waals surface area contributed by atoms with Crippen molar-refractivity contribution < 1.29 is 8.81 Å². The Kier molecular flexibility index (Phi) is 7.74. The second-order valence-corrected chi connectivity index (χ2v) is 15.8.